The first-order valence-electron chi connectivity index (χ1n) is 5.17. The Morgan fingerprint density at radius 1 is 1.24 bits per heavy atom. The lowest BCUT2D eigenvalue weighted by Crippen LogP contribution is -2.34. The molecule has 0 saturated carbocycles. The maximum atomic E-state index is 12.0. The average molecular weight is 232 g/mol. The lowest BCUT2D eigenvalue weighted by Gasteiger charge is -2.12. The standard InChI is InChI=1S/C12H12N2O3/c1-8(13-17-2)7-14-11(15)9-5-3-4-6-10(9)12(14)16/h3-6H,7H2,1-2H3. The molecule has 0 aliphatic carbocycles. The second kappa shape index (κ2) is 4.37. The highest BCUT2D eigenvalue weighted by Gasteiger charge is 2.35. The normalized spacial score (nSPS) is 15.2. The van der Waals surface area contributed by atoms with E-state index in [0.717, 1.165) is 0 Å². The first-order valence-corrected chi connectivity index (χ1v) is 5.17. The topological polar surface area (TPSA) is 59.0 Å². The van der Waals surface area contributed by atoms with Crippen molar-refractivity contribution in [1.29, 1.82) is 0 Å². The Balaban J connectivity index is 2.28. The molecule has 0 fully saturated rings. The van der Waals surface area contributed by atoms with E-state index in [-0.39, 0.29) is 18.4 Å². The van der Waals surface area contributed by atoms with Crippen LogP contribution in [0.5, 0.6) is 0 Å². The molecule has 0 N–H and O–H groups in total. The monoisotopic (exact) mass is 232 g/mol. The SMILES string of the molecule is CON=C(C)CN1C(=O)c2ccccc2C1=O. The van der Waals surface area contributed by atoms with E-state index in [4.69, 9.17) is 0 Å². The fraction of sp³-hybridized carbons (Fsp3) is 0.250. The molecule has 5 nitrogen and oxygen atoms in total. The lowest BCUT2D eigenvalue weighted by atomic mass is 10.1. The minimum atomic E-state index is -0.281. The van der Waals surface area contributed by atoms with Gasteiger partial charge in [0.25, 0.3) is 11.8 Å². The van der Waals surface area contributed by atoms with Crippen molar-refractivity contribution in [3.8, 4) is 0 Å². The quantitative estimate of drug-likeness (QED) is 0.448. The zero-order valence-corrected chi connectivity index (χ0v) is 9.64. The second-order valence-corrected chi connectivity index (χ2v) is 3.75. The fourth-order valence-electron chi connectivity index (χ4n) is 1.80. The molecule has 2 amide bonds. The zero-order chi connectivity index (χ0) is 12.4. The highest BCUT2D eigenvalue weighted by molar-refractivity contribution is 6.22. The molecule has 0 atom stereocenters. The Bertz CT molecular complexity index is 473. The largest absolute Gasteiger partial charge is 0.399 e. The second-order valence-electron chi connectivity index (χ2n) is 3.75. The van der Waals surface area contributed by atoms with Crippen LogP contribution in [0.25, 0.3) is 0 Å². The predicted octanol–water partition coefficient (Wildman–Crippen LogP) is 1.30. The van der Waals surface area contributed by atoms with Gasteiger partial charge in [0.1, 0.15) is 7.11 Å². The van der Waals surface area contributed by atoms with Crippen LogP contribution in [0.3, 0.4) is 0 Å². The molecule has 1 aromatic rings. The van der Waals surface area contributed by atoms with Crippen LogP contribution < -0.4 is 0 Å². The summed E-state index contributed by atoms with van der Waals surface area (Å²) in [5.74, 6) is -0.562. The number of oxime groups is 1. The van der Waals surface area contributed by atoms with Gasteiger partial charge in [0.15, 0.2) is 0 Å². The molecule has 0 aromatic heterocycles. The molecule has 5 heteroatoms. The fourth-order valence-corrected chi connectivity index (χ4v) is 1.80. The molecular formula is C12H12N2O3. The minimum absolute atomic E-state index is 0.153. The van der Waals surface area contributed by atoms with E-state index >= 15 is 0 Å². The number of carbonyl (C=O) groups excluding carboxylic acids is 2. The van der Waals surface area contributed by atoms with Gasteiger partial charge in [0.05, 0.1) is 23.4 Å². The van der Waals surface area contributed by atoms with Crippen LogP contribution in [0.1, 0.15) is 27.6 Å². The van der Waals surface area contributed by atoms with E-state index in [1.54, 1.807) is 31.2 Å². The molecule has 1 aliphatic rings. The van der Waals surface area contributed by atoms with Crippen molar-refractivity contribution in [2.45, 2.75) is 6.92 Å². The van der Waals surface area contributed by atoms with E-state index in [2.05, 4.69) is 9.99 Å². The van der Waals surface area contributed by atoms with E-state index < -0.39 is 0 Å². The number of nitrogens with zero attached hydrogens (tertiary/aromatic N) is 2. The summed E-state index contributed by atoms with van der Waals surface area (Å²) in [6, 6.07) is 6.78. The number of rotatable bonds is 3. The maximum absolute atomic E-state index is 12.0. The number of fused-ring (bicyclic) bond motifs is 1. The number of hydrogen-bond acceptors (Lipinski definition) is 4. The molecule has 0 spiro atoms. The van der Waals surface area contributed by atoms with Crippen LogP contribution in [0.4, 0.5) is 0 Å². The molecule has 17 heavy (non-hydrogen) atoms. The van der Waals surface area contributed by atoms with Crippen molar-refractivity contribution in [2.24, 2.45) is 5.16 Å². The van der Waals surface area contributed by atoms with Crippen molar-refractivity contribution in [3.05, 3.63) is 35.4 Å². The summed E-state index contributed by atoms with van der Waals surface area (Å²) in [6.07, 6.45) is 0. The smallest absolute Gasteiger partial charge is 0.261 e. The first-order chi connectivity index (χ1) is 8.15. The molecule has 0 radical (unpaired) electrons. The number of hydrogen-bond donors (Lipinski definition) is 0. The van der Waals surface area contributed by atoms with Gasteiger partial charge in [-0.15, -0.1) is 0 Å². The van der Waals surface area contributed by atoms with Crippen LogP contribution in [0, 0.1) is 0 Å². The Morgan fingerprint density at radius 3 is 2.24 bits per heavy atom. The molecule has 0 saturated heterocycles. The van der Waals surface area contributed by atoms with Crippen LogP contribution in [-0.2, 0) is 4.84 Å². The summed E-state index contributed by atoms with van der Waals surface area (Å²) < 4.78 is 0. The van der Waals surface area contributed by atoms with Gasteiger partial charge in [-0.3, -0.25) is 14.5 Å². The lowest BCUT2D eigenvalue weighted by molar-refractivity contribution is 0.0675. The van der Waals surface area contributed by atoms with Crippen molar-refractivity contribution in [2.75, 3.05) is 13.7 Å². The van der Waals surface area contributed by atoms with Crippen molar-refractivity contribution in [3.63, 3.8) is 0 Å². The first kappa shape index (κ1) is 11.3. The molecule has 0 unspecified atom stereocenters. The molecular weight excluding hydrogens is 220 g/mol. The van der Waals surface area contributed by atoms with Gasteiger partial charge in [-0.2, -0.15) is 0 Å². The van der Waals surface area contributed by atoms with Gasteiger partial charge < -0.3 is 4.84 Å². The Kier molecular flexibility index (Phi) is 2.91. The summed E-state index contributed by atoms with van der Waals surface area (Å²) in [7, 11) is 1.42. The van der Waals surface area contributed by atoms with Gasteiger partial charge in [0, 0.05) is 0 Å². The summed E-state index contributed by atoms with van der Waals surface area (Å²) in [6.45, 7) is 1.85. The van der Waals surface area contributed by atoms with E-state index in [1.165, 1.54) is 12.0 Å². The maximum Gasteiger partial charge on any atom is 0.261 e. The summed E-state index contributed by atoms with van der Waals surface area (Å²) in [5, 5.41) is 3.69. The molecule has 1 heterocycles. The van der Waals surface area contributed by atoms with Gasteiger partial charge in [-0.1, -0.05) is 17.3 Å². The van der Waals surface area contributed by atoms with Crippen LogP contribution in [0.2, 0.25) is 0 Å². The van der Waals surface area contributed by atoms with E-state index in [9.17, 15) is 9.59 Å². The number of amides is 2. The molecule has 2 rings (SSSR count). The predicted molar refractivity (Wildman–Crippen MR) is 61.9 cm³/mol. The van der Waals surface area contributed by atoms with Crippen LogP contribution in [-0.4, -0.2) is 36.1 Å². The Hall–Kier alpha value is -2.17. The molecule has 0 bridgehead atoms. The zero-order valence-electron chi connectivity index (χ0n) is 9.64. The van der Waals surface area contributed by atoms with E-state index in [1.807, 2.05) is 0 Å². The number of carbonyl (C=O) groups is 2. The van der Waals surface area contributed by atoms with Crippen molar-refractivity contribution >= 4 is 17.5 Å². The van der Waals surface area contributed by atoms with Gasteiger partial charge >= 0.3 is 0 Å². The highest BCUT2D eigenvalue weighted by atomic mass is 16.6. The van der Waals surface area contributed by atoms with Gasteiger partial charge in [0.2, 0.25) is 0 Å². The Morgan fingerprint density at radius 2 is 1.76 bits per heavy atom. The third-order valence-electron chi connectivity index (χ3n) is 2.51. The number of imide groups is 1. The summed E-state index contributed by atoms with van der Waals surface area (Å²) >= 11 is 0. The van der Waals surface area contributed by atoms with Crippen LogP contribution in [0.15, 0.2) is 29.4 Å². The average Bonchev–Trinajstić information content (AvgIpc) is 2.56. The van der Waals surface area contributed by atoms with Crippen molar-refractivity contribution < 1.29 is 14.4 Å². The Labute approximate surface area is 98.7 Å². The van der Waals surface area contributed by atoms with Gasteiger partial charge in [-0.25, -0.2) is 0 Å². The molecule has 88 valence electrons. The summed E-state index contributed by atoms with van der Waals surface area (Å²) in [4.78, 5) is 29.7. The van der Waals surface area contributed by atoms with E-state index in [0.29, 0.717) is 16.8 Å². The molecule has 1 aliphatic heterocycles. The highest BCUT2D eigenvalue weighted by Crippen LogP contribution is 2.21. The number of benzene rings is 1. The molecule has 1 aromatic carbocycles. The third kappa shape index (κ3) is 1.91. The van der Waals surface area contributed by atoms with Crippen LogP contribution >= 0.6 is 0 Å². The van der Waals surface area contributed by atoms with Gasteiger partial charge in [-0.05, 0) is 19.1 Å². The van der Waals surface area contributed by atoms with Crippen molar-refractivity contribution in [1.82, 2.24) is 4.90 Å². The third-order valence-corrected chi connectivity index (χ3v) is 2.51. The summed E-state index contributed by atoms with van der Waals surface area (Å²) in [5.41, 5.74) is 1.47. The minimum Gasteiger partial charge on any atom is -0.399 e.